The summed E-state index contributed by atoms with van der Waals surface area (Å²) >= 11 is 0. The van der Waals surface area contributed by atoms with E-state index in [9.17, 15) is 0 Å². The number of rotatable bonds is 4. The summed E-state index contributed by atoms with van der Waals surface area (Å²) < 4.78 is 5.75. The van der Waals surface area contributed by atoms with Gasteiger partial charge >= 0.3 is 0 Å². The second-order valence-electron chi connectivity index (χ2n) is 5.21. The molecule has 0 aromatic heterocycles. The lowest BCUT2D eigenvalue weighted by Gasteiger charge is -2.37. The van der Waals surface area contributed by atoms with Crippen LogP contribution in [0.2, 0.25) is 0 Å². The van der Waals surface area contributed by atoms with Crippen LogP contribution in [0.25, 0.3) is 0 Å². The maximum absolute atomic E-state index is 5.75. The topological polar surface area (TPSA) is 24.5 Å². The minimum atomic E-state index is 0.394. The third-order valence-corrected chi connectivity index (χ3v) is 3.51. The van der Waals surface area contributed by atoms with Crippen LogP contribution < -0.4 is 5.32 Å². The normalized spacial score (nSPS) is 35.4. The fraction of sp³-hybridized carbons (Fsp3) is 1.00. The summed E-state index contributed by atoms with van der Waals surface area (Å²) in [7, 11) is 2.09. The molecule has 1 aliphatic heterocycles. The predicted molar refractivity (Wildman–Crippen MR) is 62.0 cm³/mol. The number of ether oxygens (including phenoxy) is 1. The Bertz CT molecular complexity index is 196. The van der Waals surface area contributed by atoms with Gasteiger partial charge in [-0.3, -0.25) is 4.90 Å². The van der Waals surface area contributed by atoms with Crippen molar-refractivity contribution in [2.45, 2.75) is 44.9 Å². The summed E-state index contributed by atoms with van der Waals surface area (Å²) in [4.78, 5) is 2.55. The van der Waals surface area contributed by atoms with Gasteiger partial charge in [0.2, 0.25) is 0 Å². The monoisotopic (exact) mass is 212 g/mol. The SMILES string of the molecule is CNC(CN1CC(C)OC(C)C1)C1CC1. The first kappa shape index (κ1) is 11.4. The molecule has 3 heteroatoms. The van der Waals surface area contributed by atoms with E-state index in [1.165, 1.54) is 19.4 Å². The summed E-state index contributed by atoms with van der Waals surface area (Å²) in [5.41, 5.74) is 0. The molecule has 3 unspecified atom stereocenters. The van der Waals surface area contributed by atoms with E-state index in [1.54, 1.807) is 0 Å². The number of nitrogens with one attached hydrogen (secondary N) is 1. The second kappa shape index (κ2) is 4.81. The summed E-state index contributed by atoms with van der Waals surface area (Å²) in [6.07, 6.45) is 3.62. The van der Waals surface area contributed by atoms with Crippen molar-refractivity contribution >= 4 is 0 Å². The van der Waals surface area contributed by atoms with Crippen LogP contribution in [0.3, 0.4) is 0 Å². The van der Waals surface area contributed by atoms with Gasteiger partial charge in [0.25, 0.3) is 0 Å². The first-order valence-corrected chi connectivity index (χ1v) is 6.24. The highest BCUT2D eigenvalue weighted by molar-refractivity contribution is 4.89. The van der Waals surface area contributed by atoms with Crippen LogP contribution in [0.15, 0.2) is 0 Å². The van der Waals surface area contributed by atoms with Crippen molar-refractivity contribution in [3.63, 3.8) is 0 Å². The number of hydrogen-bond acceptors (Lipinski definition) is 3. The fourth-order valence-electron chi connectivity index (χ4n) is 2.69. The molecule has 2 aliphatic rings. The Morgan fingerprint density at radius 2 is 1.87 bits per heavy atom. The molecule has 3 atom stereocenters. The smallest absolute Gasteiger partial charge is 0.0678 e. The largest absolute Gasteiger partial charge is 0.373 e. The van der Waals surface area contributed by atoms with Crippen molar-refractivity contribution in [1.82, 2.24) is 10.2 Å². The Morgan fingerprint density at radius 3 is 2.33 bits per heavy atom. The molecule has 0 aromatic rings. The number of likely N-dealkylation sites (N-methyl/N-ethyl adjacent to an activating group) is 1. The van der Waals surface area contributed by atoms with Crippen LogP contribution in [-0.2, 0) is 4.74 Å². The van der Waals surface area contributed by atoms with Gasteiger partial charge in [-0.25, -0.2) is 0 Å². The van der Waals surface area contributed by atoms with Crippen molar-refractivity contribution in [2.75, 3.05) is 26.7 Å². The zero-order chi connectivity index (χ0) is 10.8. The molecule has 0 radical (unpaired) electrons. The fourth-order valence-corrected chi connectivity index (χ4v) is 2.69. The zero-order valence-electron chi connectivity index (χ0n) is 10.2. The van der Waals surface area contributed by atoms with E-state index >= 15 is 0 Å². The van der Waals surface area contributed by atoms with E-state index < -0.39 is 0 Å². The van der Waals surface area contributed by atoms with Gasteiger partial charge in [0, 0.05) is 25.7 Å². The average Bonchev–Trinajstić information content (AvgIpc) is 2.95. The molecule has 0 spiro atoms. The van der Waals surface area contributed by atoms with Gasteiger partial charge < -0.3 is 10.1 Å². The van der Waals surface area contributed by atoms with Crippen molar-refractivity contribution in [3.8, 4) is 0 Å². The van der Waals surface area contributed by atoms with E-state index in [2.05, 4.69) is 31.1 Å². The number of hydrogen-bond donors (Lipinski definition) is 1. The van der Waals surface area contributed by atoms with Crippen LogP contribution in [-0.4, -0.2) is 49.8 Å². The van der Waals surface area contributed by atoms with E-state index in [4.69, 9.17) is 4.74 Å². The molecule has 3 nitrogen and oxygen atoms in total. The molecule has 0 amide bonds. The molecular weight excluding hydrogens is 188 g/mol. The van der Waals surface area contributed by atoms with Crippen LogP contribution in [0.5, 0.6) is 0 Å². The van der Waals surface area contributed by atoms with Gasteiger partial charge in [0.15, 0.2) is 0 Å². The standard InChI is InChI=1S/C12H24N2O/c1-9-6-14(7-10(2)15-9)8-12(13-3)11-4-5-11/h9-13H,4-8H2,1-3H3. The molecule has 1 saturated carbocycles. The molecule has 88 valence electrons. The Balaban J connectivity index is 1.81. The number of nitrogens with zero attached hydrogens (tertiary/aromatic N) is 1. The minimum absolute atomic E-state index is 0.394. The highest BCUT2D eigenvalue weighted by Gasteiger charge is 2.32. The highest BCUT2D eigenvalue weighted by atomic mass is 16.5. The Kier molecular flexibility index (Phi) is 3.65. The molecule has 1 N–H and O–H groups in total. The first-order valence-electron chi connectivity index (χ1n) is 6.24. The van der Waals surface area contributed by atoms with E-state index in [0.717, 1.165) is 19.0 Å². The molecule has 0 bridgehead atoms. The number of morpholine rings is 1. The summed E-state index contributed by atoms with van der Waals surface area (Å²) in [6, 6.07) is 0.697. The van der Waals surface area contributed by atoms with Crippen molar-refractivity contribution in [2.24, 2.45) is 5.92 Å². The zero-order valence-corrected chi connectivity index (χ0v) is 10.2. The molecule has 1 aliphatic carbocycles. The first-order chi connectivity index (χ1) is 7.19. The Morgan fingerprint density at radius 1 is 1.27 bits per heavy atom. The van der Waals surface area contributed by atoms with E-state index in [0.29, 0.717) is 18.2 Å². The van der Waals surface area contributed by atoms with Gasteiger partial charge in [0.05, 0.1) is 12.2 Å². The lowest BCUT2D eigenvalue weighted by atomic mass is 10.1. The Hall–Kier alpha value is -0.120. The third-order valence-electron chi connectivity index (χ3n) is 3.51. The molecule has 15 heavy (non-hydrogen) atoms. The van der Waals surface area contributed by atoms with E-state index in [1.807, 2.05) is 0 Å². The van der Waals surface area contributed by atoms with Crippen LogP contribution in [0.1, 0.15) is 26.7 Å². The van der Waals surface area contributed by atoms with Crippen LogP contribution in [0, 0.1) is 5.92 Å². The van der Waals surface area contributed by atoms with E-state index in [-0.39, 0.29) is 0 Å². The molecule has 2 fully saturated rings. The molecular formula is C12H24N2O. The quantitative estimate of drug-likeness (QED) is 0.755. The summed E-state index contributed by atoms with van der Waals surface area (Å²) in [5.74, 6) is 0.934. The van der Waals surface area contributed by atoms with Gasteiger partial charge in [-0.15, -0.1) is 0 Å². The van der Waals surface area contributed by atoms with Gasteiger partial charge in [-0.1, -0.05) is 0 Å². The molecule has 2 rings (SSSR count). The van der Waals surface area contributed by atoms with Crippen molar-refractivity contribution in [1.29, 1.82) is 0 Å². The van der Waals surface area contributed by atoms with Gasteiger partial charge in [0.1, 0.15) is 0 Å². The summed E-state index contributed by atoms with van der Waals surface area (Å²) in [5, 5.41) is 3.46. The Labute approximate surface area is 93.2 Å². The second-order valence-corrected chi connectivity index (χ2v) is 5.21. The molecule has 1 saturated heterocycles. The van der Waals surface area contributed by atoms with Crippen LogP contribution >= 0.6 is 0 Å². The summed E-state index contributed by atoms with van der Waals surface area (Å²) in [6.45, 7) is 7.73. The minimum Gasteiger partial charge on any atom is -0.373 e. The van der Waals surface area contributed by atoms with Crippen molar-refractivity contribution < 1.29 is 4.74 Å². The molecule has 1 heterocycles. The maximum Gasteiger partial charge on any atom is 0.0678 e. The van der Waals surface area contributed by atoms with Gasteiger partial charge in [-0.2, -0.15) is 0 Å². The maximum atomic E-state index is 5.75. The van der Waals surface area contributed by atoms with Crippen molar-refractivity contribution in [3.05, 3.63) is 0 Å². The van der Waals surface area contributed by atoms with Gasteiger partial charge in [-0.05, 0) is 39.7 Å². The highest BCUT2D eigenvalue weighted by Crippen LogP contribution is 2.33. The average molecular weight is 212 g/mol. The van der Waals surface area contributed by atoms with Crippen LogP contribution in [0.4, 0.5) is 0 Å². The molecule has 0 aromatic carbocycles. The third kappa shape index (κ3) is 3.16. The lowest BCUT2D eigenvalue weighted by molar-refractivity contribution is -0.0701. The lowest BCUT2D eigenvalue weighted by Crippen LogP contribution is -2.50. The predicted octanol–water partition coefficient (Wildman–Crippen LogP) is 1.09.